The zero-order valence-electron chi connectivity index (χ0n) is 13.9. The van der Waals surface area contributed by atoms with Crippen LogP contribution in [-0.2, 0) is 12.6 Å². The van der Waals surface area contributed by atoms with Crippen molar-refractivity contribution in [3.8, 4) is 5.69 Å². The van der Waals surface area contributed by atoms with Crippen molar-refractivity contribution in [2.75, 3.05) is 0 Å². The number of H-pyrrole nitrogens is 1. The van der Waals surface area contributed by atoms with Crippen LogP contribution in [0.25, 0.3) is 16.7 Å². The first kappa shape index (κ1) is 17.0. The van der Waals surface area contributed by atoms with E-state index in [1.807, 2.05) is 0 Å². The summed E-state index contributed by atoms with van der Waals surface area (Å²) in [6, 6.07) is 16.4. The van der Waals surface area contributed by atoms with Crippen molar-refractivity contribution in [1.82, 2.24) is 19.7 Å². The second-order valence-corrected chi connectivity index (χ2v) is 5.97. The minimum Gasteiger partial charge on any atom is -0.319 e. The number of para-hydroxylation sites is 3. The van der Waals surface area contributed by atoms with Gasteiger partial charge in [0, 0.05) is 6.42 Å². The number of aromatic amines is 1. The molecule has 0 saturated heterocycles. The molecule has 0 radical (unpaired) electrons. The zero-order valence-corrected chi connectivity index (χ0v) is 13.9. The summed E-state index contributed by atoms with van der Waals surface area (Å²) < 4.78 is 40.7. The van der Waals surface area contributed by atoms with E-state index < -0.39 is 17.4 Å². The van der Waals surface area contributed by atoms with Crippen LogP contribution in [0.5, 0.6) is 0 Å². The van der Waals surface area contributed by atoms with E-state index >= 15 is 0 Å². The van der Waals surface area contributed by atoms with Gasteiger partial charge in [-0.15, -0.1) is 0 Å². The third-order valence-corrected chi connectivity index (χ3v) is 4.09. The Hall–Kier alpha value is -3.42. The average molecular weight is 370 g/mol. The molecular weight excluding hydrogens is 357 g/mol. The maximum atomic E-state index is 13.2. The molecule has 2 aromatic heterocycles. The van der Waals surface area contributed by atoms with Crippen LogP contribution in [0.1, 0.15) is 17.1 Å². The number of halogens is 3. The summed E-state index contributed by atoms with van der Waals surface area (Å²) in [5, 5.41) is 3.69. The molecule has 0 saturated carbocycles. The van der Waals surface area contributed by atoms with Gasteiger partial charge in [0.25, 0.3) is 5.56 Å². The fourth-order valence-corrected chi connectivity index (χ4v) is 2.84. The van der Waals surface area contributed by atoms with E-state index in [0.717, 1.165) is 6.07 Å². The highest BCUT2D eigenvalue weighted by Crippen LogP contribution is 2.30. The van der Waals surface area contributed by atoms with Crippen LogP contribution in [0.15, 0.2) is 65.5 Å². The second-order valence-electron chi connectivity index (χ2n) is 5.97. The van der Waals surface area contributed by atoms with Crippen LogP contribution in [0.4, 0.5) is 13.2 Å². The number of alkyl halides is 3. The van der Waals surface area contributed by atoms with Gasteiger partial charge in [-0.05, 0) is 30.3 Å². The van der Waals surface area contributed by atoms with Crippen LogP contribution in [0.3, 0.4) is 0 Å². The van der Waals surface area contributed by atoms with Crippen LogP contribution in [0.2, 0.25) is 0 Å². The number of fused-ring (bicyclic) bond motifs is 1. The number of hydrogen-bond donors (Lipinski definition) is 1. The molecule has 2 aromatic carbocycles. The number of hydrogen-bond acceptors (Lipinski definition) is 3. The molecule has 0 fully saturated rings. The summed E-state index contributed by atoms with van der Waals surface area (Å²) in [4.78, 5) is 19.3. The molecule has 8 heteroatoms. The van der Waals surface area contributed by atoms with Gasteiger partial charge in [0.15, 0.2) is 5.69 Å². The Balaban J connectivity index is 1.83. The molecule has 5 nitrogen and oxygen atoms in total. The van der Waals surface area contributed by atoms with Crippen molar-refractivity contribution in [3.05, 3.63) is 88.1 Å². The van der Waals surface area contributed by atoms with Gasteiger partial charge in [-0.3, -0.25) is 4.79 Å². The first-order chi connectivity index (χ1) is 12.9. The molecule has 0 aliphatic carbocycles. The van der Waals surface area contributed by atoms with Crippen LogP contribution in [-0.4, -0.2) is 19.7 Å². The Labute approximate surface area is 151 Å². The predicted octanol–water partition coefficient (Wildman–Crippen LogP) is 3.72. The van der Waals surface area contributed by atoms with E-state index in [-0.39, 0.29) is 17.8 Å². The molecule has 0 aliphatic rings. The smallest absolute Gasteiger partial charge is 0.319 e. The van der Waals surface area contributed by atoms with Crippen molar-refractivity contribution >= 4 is 11.0 Å². The first-order valence-corrected chi connectivity index (χ1v) is 8.11. The van der Waals surface area contributed by atoms with Crippen molar-refractivity contribution < 1.29 is 13.2 Å². The van der Waals surface area contributed by atoms with Gasteiger partial charge >= 0.3 is 6.18 Å². The lowest BCUT2D eigenvalue weighted by Crippen LogP contribution is -2.17. The Morgan fingerprint density at radius 1 is 1.00 bits per heavy atom. The minimum absolute atomic E-state index is 0.0852. The van der Waals surface area contributed by atoms with Gasteiger partial charge in [-0.1, -0.05) is 30.3 Å². The topological polar surface area (TPSA) is 63.6 Å². The molecule has 1 N–H and O–H groups in total. The Morgan fingerprint density at radius 3 is 2.44 bits per heavy atom. The summed E-state index contributed by atoms with van der Waals surface area (Å²) in [5.74, 6) is 0. The Kier molecular flexibility index (Phi) is 4.02. The molecule has 0 atom stereocenters. The van der Waals surface area contributed by atoms with E-state index in [9.17, 15) is 18.0 Å². The summed E-state index contributed by atoms with van der Waals surface area (Å²) in [6.07, 6.45) is -4.67. The normalized spacial score (nSPS) is 11.8. The largest absolute Gasteiger partial charge is 0.435 e. The summed E-state index contributed by atoms with van der Waals surface area (Å²) >= 11 is 0. The highest BCUT2D eigenvalue weighted by Gasteiger charge is 2.35. The lowest BCUT2D eigenvalue weighted by atomic mass is 10.2. The highest BCUT2D eigenvalue weighted by atomic mass is 19.4. The number of nitrogens with zero attached hydrogens (tertiary/aromatic N) is 3. The molecule has 4 rings (SSSR count). The van der Waals surface area contributed by atoms with Crippen LogP contribution < -0.4 is 5.56 Å². The summed E-state index contributed by atoms with van der Waals surface area (Å²) in [5.41, 5.74) is 0.496. The second kappa shape index (κ2) is 6.39. The lowest BCUT2D eigenvalue weighted by molar-refractivity contribution is -0.141. The van der Waals surface area contributed by atoms with Gasteiger partial charge < -0.3 is 4.98 Å². The van der Waals surface area contributed by atoms with Crippen molar-refractivity contribution in [1.29, 1.82) is 0 Å². The van der Waals surface area contributed by atoms with Gasteiger partial charge in [-0.2, -0.15) is 18.3 Å². The van der Waals surface area contributed by atoms with E-state index in [0.29, 0.717) is 16.7 Å². The quantitative estimate of drug-likeness (QED) is 0.598. The molecule has 2 heterocycles. The number of nitrogens with one attached hydrogen (secondary N) is 1. The minimum atomic E-state index is -4.59. The Bertz CT molecular complexity index is 1160. The fraction of sp³-hybridized carbons (Fsp3) is 0.105. The maximum Gasteiger partial charge on any atom is 0.435 e. The molecule has 136 valence electrons. The van der Waals surface area contributed by atoms with Gasteiger partial charge in [0.2, 0.25) is 0 Å². The third-order valence-electron chi connectivity index (χ3n) is 4.09. The summed E-state index contributed by atoms with van der Waals surface area (Å²) in [7, 11) is 0. The molecule has 4 aromatic rings. The fourth-order valence-electron chi connectivity index (χ4n) is 2.84. The lowest BCUT2D eigenvalue weighted by Gasteiger charge is -2.07. The number of benzene rings is 2. The Morgan fingerprint density at radius 2 is 1.70 bits per heavy atom. The third kappa shape index (κ3) is 3.33. The molecule has 0 unspecified atom stereocenters. The highest BCUT2D eigenvalue weighted by molar-refractivity contribution is 5.73. The maximum absolute atomic E-state index is 13.2. The SMILES string of the molecule is O=c1[nH]c2ccccc2nc1Cc1cc(C(F)(F)F)nn1-c1ccccc1. The number of aromatic nitrogens is 4. The molecule has 0 spiro atoms. The molecule has 0 bridgehead atoms. The van der Waals surface area contributed by atoms with Crippen molar-refractivity contribution in [3.63, 3.8) is 0 Å². The predicted molar refractivity (Wildman–Crippen MR) is 93.7 cm³/mol. The van der Waals surface area contributed by atoms with Crippen LogP contribution in [0, 0.1) is 0 Å². The van der Waals surface area contributed by atoms with E-state index in [2.05, 4.69) is 15.1 Å². The molecule has 0 amide bonds. The van der Waals surface area contributed by atoms with Crippen molar-refractivity contribution in [2.24, 2.45) is 0 Å². The van der Waals surface area contributed by atoms with E-state index in [4.69, 9.17) is 0 Å². The van der Waals surface area contributed by atoms with E-state index in [1.165, 1.54) is 4.68 Å². The molecule has 0 aliphatic heterocycles. The monoisotopic (exact) mass is 370 g/mol. The first-order valence-electron chi connectivity index (χ1n) is 8.11. The van der Waals surface area contributed by atoms with Crippen LogP contribution >= 0.6 is 0 Å². The van der Waals surface area contributed by atoms with Crippen molar-refractivity contribution in [2.45, 2.75) is 12.6 Å². The number of rotatable bonds is 3. The van der Waals surface area contributed by atoms with Gasteiger partial charge in [-0.25, -0.2) is 9.67 Å². The summed E-state index contributed by atoms with van der Waals surface area (Å²) in [6.45, 7) is 0. The van der Waals surface area contributed by atoms with E-state index in [1.54, 1.807) is 54.6 Å². The zero-order chi connectivity index (χ0) is 19.0. The molecule has 27 heavy (non-hydrogen) atoms. The average Bonchev–Trinajstić information content (AvgIpc) is 3.07. The molecular formula is C19H13F3N4O. The van der Waals surface area contributed by atoms with Gasteiger partial charge in [0.05, 0.1) is 22.4 Å². The van der Waals surface area contributed by atoms with Gasteiger partial charge in [0.1, 0.15) is 5.69 Å². The standard InChI is InChI=1S/C19H13F3N4O/c20-19(21,22)17-11-13(26(25-17)12-6-2-1-3-7-12)10-16-18(27)24-15-9-5-4-8-14(15)23-16/h1-9,11H,10H2,(H,24,27).